The molecule has 0 saturated carbocycles. The maximum absolute atomic E-state index is 12.1. The van der Waals surface area contributed by atoms with E-state index in [1.807, 2.05) is 60.7 Å². The van der Waals surface area contributed by atoms with E-state index in [0.717, 1.165) is 11.1 Å². The van der Waals surface area contributed by atoms with Crippen LogP contribution in [0.3, 0.4) is 0 Å². The zero-order chi connectivity index (χ0) is 18.1. The molecule has 0 bridgehead atoms. The second kappa shape index (κ2) is 9.47. The lowest BCUT2D eigenvalue weighted by Crippen LogP contribution is -2.43. The summed E-state index contributed by atoms with van der Waals surface area (Å²) in [5.74, 6) is -0.851. The zero-order valence-electron chi connectivity index (χ0n) is 14.5. The number of esters is 1. The third kappa shape index (κ3) is 5.95. The first kappa shape index (κ1) is 18.5. The number of rotatable bonds is 7. The summed E-state index contributed by atoms with van der Waals surface area (Å²) >= 11 is 0. The highest BCUT2D eigenvalue weighted by atomic mass is 16.5. The van der Waals surface area contributed by atoms with Crippen molar-refractivity contribution in [2.24, 2.45) is 5.92 Å². The highest BCUT2D eigenvalue weighted by Gasteiger charge is 2.28. The number of ether oxygens (including phenoxy) is 2. The van der Waals surface area contributed by atoms with Gasteiger partial charge in [0, 0.05) is 6.04 Å². The molecular formula is C20H23NO4. The van der Waals surface area contributed by atoms with Gasteiger partial charge in [0.05, 0.1) is 13.0 Å². The molecule has 0 aliphatic rings. The third-order valence-corrected chi connectivity index (χ3v) is 3.96. The van der Waals surface area contributed by atoms with Gasteiger partial charge in [-0.2, -0.15) is 0 Å². The Morgan fingerprint density at radius 2 is 1.52 bits per heavy atom. The van der Waals surface area contributed by atoms with E-state index in [-0.39, 0.29) is 12.6 Å². The summed E-state index contributed by atoms with van der Waals surface area (Å²) in [6.45, 7) is 1.95. The molecule has 0 heterocycles. The molecular weight excluding hydrogens is 318 g/mol. The van der Waals surface area contributed by atoms with Crippen molar-refractivity contribution in [1.29, 1.82) is 0 Å². The van der Waals surface area contributed by atoms with Crippen LogP contribution in [-0.2, 0) is 27.3 Å². The van der Waals surface area contributed by atoms with E-state index in [2.05, 4.69) is 5.32 Å². The van der Waals surface area contributed by atoms with Crippen molar-refractivity contribution in [2.45, 2.75) is 26.0 Å². The molecule has 0 spiro atoms. The number of carbonyl (C=O) groups is 2. The molecule has 5 nitrogen and oxygen atoms in total. The van der Waals surface area contributed by atoms with Crippen LogP contribution in [-0.4, -0.2) is 25.2 Å². The van der Waals surface area contributed by atoms with Crippen LogP contribution in [0, 0.1) is 5.92 Å². The third-order valence-electron chi connectivity index (χ3n) is 3.96. The predicted octanol–water partition coefficient (Wildman–Crippen LogP) is 3.33. The average Bonchev–Trinajstić information content (AvgIpc) is 2.65. The van der Waals surface area contributed by atoms with E-state index in [0.29, 0.717) is 6.42 Å². The van der Waals surface area contributed by atoms with E-state index in [1.165, 1.54) is 7.11 Å². The van der Waals surface area contributed by atoms with E-state index < -0.39 is 18.1 Å². The Morgan fingerprint density at radius 3 is 2.08 bits per heavy atom. The van der Waals surface area contributed by atoms with Crippen molar-refractivity contribution < 1.29 is 19.1 Å². The molecule has 25 heavy (non-hydrogen) atoms. The lowest BCUT2D eigenvalue weighted by atomic mass is 9.93. The normalized spacial score (nSPS) is 12.7. The molecule has 0 aromatic heterocycles. The van der Waals surface area contributed by atoms with Crippen molar-refractivity contribution in [3.63, 3.8) is 0 Å². The molecule has 2 aromatic rings. The van der Waals surface area contributed by atoms with Crippen LogP contribution in [0.2, 0.25) is 0 Å². The lowest BCUT2D eigenvalue weighted by molar-refractivity contribution is -0.146. The average molecular weight is 341 g/mol. The fourth-order valence-corrected chi connectivity index (χ4v) is 2.53. The van der Waals surface area contributed by atoms with Crippen molar-refractivity contribution in [1.82, 2.24) is 5.32 Å². The van der Waals surface area contributed by atoms with Gasteiger partial charge in [0.25, 0.3) is 0 Å². The maximum atomic E-state index is 12.1. The van der Waals surface area contributed by atoms with Crippen LogP contribution >= 0.6 is 0 Å². The fourth-order valence-electron chi connectivity index (χ4n) is 2.53. The van der Waals surface area contributed by atoms with Crippen molar-refractivity contribution in [3.05, 3.63) is 71.8 Å². The van der Waals surface area contributed by atoms with E-state index in [1.54, 1.807) is 6.92 Å². The van der Waals surface area contributed by atoms with Crippen LogP contribution in [0.25, 0.3) is 0 Å². The Bertz CT molecular complexity index is 673. The van der Waals surface area contributed by atoms with Gasteiger partial charge in [0.15, 0.2) is 0 Å². The van der Waals surface area contributed by atoms with Gasteiger partial charge >= 0.3 is 12.1 Å². The monoisotopic (exact) mass is 341 g/mol. The highest BCUT2D eigenvalue weighted by Crippen LogP contribution is 2.15. The number of hydrogen-bond acceptors (Lipinski definition) is 4. The lowest BCUT2D eigenvalue weighted by Gasteiger charge is -2.22. The Morgan fingerprint density at radius 1 is 0.960 bits per heavy atom. The standard InChI is InChI=1S/C20H23NO4/c1-15(21-20(23)25-14-17-11-7-4-8-12-17)18(19(22)24-2)13-16-9-5-3-6-10-16/h3-12,15,18H,13-14H2,1-2H3,(H,21,23). The molecule has 0 aliphatic carbocycles. The summed E-state index contributed by atoms with van der Waals surface area (Å²) in [6, 6.07) is 18.6. The molecule has 1 N–H and O–H groups in total. The molecule has 2 atom stereocenters. The number of benzene rings is 2. The minimum Gasteiger partial charge on any atom is -0.469 e. The summed E-state index contributed by atoms with van der Waals surface area (Å²) in [5.41, 5.74) is 1.91. The Hall–Kier alpha value is -2.82. The predicted molar refractivity (Wildman–Crippen MR) is 94.9 cm³/mol. The van der Waals surface area contributed by atoms with E-state index in [9.17, 15) is 9.59 Å². The first-order chi connectivity index (χ1) is 12.1. The quantitative estimate of drug-likeness (QED) is 0.785. The van der Waals surface area contributed by atoms with Gasteiger partial charge in [0.1, 0.15) is 6.61 Å². The molecule has 2 rings (SSSR count). The van der Waals surface area contributed by atoms with E-state index >= 15 is 0 Å². The van der Waals surface area contributed by atoms with Crippen LogP contribution in [0.15, 0.2) is 60.7 Å². The Balaban J connectivity index is 1.92. The van der Waals surface area contributed by atoms with E-state index in [4.69, 9.17) is 9.47 Å². The molecule has 0 aliphatic heterocycles. The molecule has 132 valence electrons. The Labute approximate surface area is 148 Å². The fraction of sp³-hybridized carbons (Fsp3) is 0.300. The zero-order valence-corrected chi connectivity index (χ0v) is 14.5. The van der Waals surface area contributed by atoms with Gasteiger partial charge in [0.2, 0.25) is 0 Å². The first-order valence-corrected chi connectivity index (χ1v) is 8.19. The van der Waals surface area contributed by atoms with Gasteiger partial charge < -0.3 is 14.8 Å². The molecule has 0 radical (unpaired) electrons. The molecule has 0 saturated heterocycles. The Kier molecular flexibility index (Phi) is 7.01. The van der Waals surface area contributed by atoms with Crippen LogP contribution < -0.4 is 5.32 Å². The summed E-state index contributed by atoms with van der Waals surface area (Å²) in [6.07, 6.45) is -0.0773. The second-order valence-electron chi connectivity index (χ2n) is 5.81. The smallest absolute Gasteiger partial charge is 0.407 e. The van der Waals surface area contributed by atoms with Gasteiger partial charge in [-0.15, -0.1) is 0 Å². The van der Waals surface area contributed by atoms with Crippen molar-refractivity contribution in [3.8, 4) is 0 Å². The minimum absolute atomic E-state index is 0.182. The van der Waals surface area contributed by atoms with Gasteiger partial charge in [-0.05, 0) is 24.5 Å². The molecule has 1 amide bonds. The number of alkyl carbamates (subject to hydrolysis) is 1. The van der Waals surface area contributed by atoms with Crippen LogP contribution in [0.4, 0.5) is 4.79 Å². The van der Waals surface area contributed by atoms with Crippen molar-refractivity contribution >= 4 is 12.1 Å². The molecule has 2 aromatic carbocycles. The van der Waals surface area contributed by atoms with Crippen LogP contribution in [0.5, 0.6) is 0 Å². The second-order valence-corrected chi connectivity index (χ2v) is 5.81. The summed E-state index contributed by atoms with van der Waals surface area (Å²) < 4.78 is 10.1. The van der Waals surface area contributed by atoms with Crippen LogP contribution in [0.1, 0.15) is 18.1 Å². The topological polar surface area (TPSA) is 64.6 Å². The summed E-state index contributed by atoms with van der Waals surface area (Å²) in [4.78, 5) is 24.1. The van der Waals surface area contributed by atoms with Gasteiger partial charge in [-0.3, -0.25) is 4.79 Å². The largest absolute Gasteiger partial charge is 0.469 e. The number of methoxy groups -OCH3 is 1. The minimum atomic E-state index is -0.557. The number of hydrogen-bond donors (Lipinski definition) is 1. The number of amides is 1. The SMILES string of the molecule is COC(=O)C(Cc1ccccc1)C(C)NC(=O)OCc1ccccc1. The molecule has 2 unspecified atom stereocenters. The van der Waals surface area contributed by atoms with Crippen molar-refractivity contribution in [2.75, 3.05) is 7.11 Å². The number of nitrogens with one attached hydrogen (secondary N) is 1. The van der Waals surface area contributed by atoms with Gasteiger partial charge in [-0.1, -0.05) is 60.7 Å². The highest BCUT2D eigenvalue weighted by molar-refractivity contribution is 5.75. The maximum Gasteiger partial charge on any atom is 0.407 e. The first-order valence-electron chi connectivity index (χ1n) is 8.19. The van der Waals surface area contributed by atoms with Gasteiger partial charge in [-0.25, -0.2) is 4.79 Å². The molecule has 5 heteroatoms. The number of carbonyl (C=O) groups excluding carboxylic acids is 2. The molecule has 0 fully saturated rings. The summed E-state index contributed by atoms with van der Waals surface area (Å²) in [7, 11) is 1.35. The summed E-state index contributed by atoms with van der Waals surface area (Å²) in [5, 5.41) is 2.72.